The molecule has 3 rings (SSSR count). The van der Waals surface area contributed by atoms with Gasteiger partial charge in [0.05, 0.1) is 0 Å². The minimum atomic E-state index is -5.11. The Kier molecular flexibility index (Phi) is 4.11. The number of rotatable bonds is 2. The molecule has 2 aromatic carbocycles. The number of urea groups is 1. The molecule has 2 aromatic rings. The van der Waals surface area contributed by atoms with Crippen molar-refractivity contribution in [3.8, 4) is 11.5 Å². The summed E-state index contributed by atoms with van der Waals surface area (Å²) in [5.41, 5.74) is -0.0478. The maximum atomic E-state index is 13.5. The standard InChI is InChI=1S/C15H9ClF4N2O3/c16-8-4-5-11-12(6-8)25-15(24-11,14(18,19)20)22-13(23)21-10-3-1-2-9(17)7-10/h1-7H,(H2,21,22,23)/t15-/m1/s1. The van der Waals surface area contributed by atoms with Gasteiger partial charge in [0.25, 0.3) is 0 Å². The van der Waals surface area contributed by atoms with Gasteiger partial charge in [0.2, 0.25) is 0 Å². The normalized spacial score (nSPS) is 18.8. The Morgan fingerprint density at radius 3 is 2.48 bits per heavy atom. The van der Waals surface area contributed by atoms with Crippen molar-refractivity contribution >= 4 is 23.3 Å². The van der Waals surface area contributed by atoms with E-state index in [0.717, 1.165) is 18.2 Å². The molecule has 1 aliphatic rings. The number of amides is 2. The number of alkyl halides is 3. The molecule has 10 heteroatoms. The molecule has 0 bridgehead atoms. The van der Waals surface area contributed by atoms with Gasteiger partial charge in [-0.3, -0.25) is 5.32 Å². The predicted octanol–water partition coefficient (Wildman–Crippen LogP) is 4.29. The fourth-order valence-electron chi connectivity index (χ4n) is 2.09. The first-order valence-electron chi connectivity index (χ1n) is 6.77. The number of nitrogens with one attached hydrogen (secondary N) is 2. The molecule has 0 fully saturated rings. The fraction of sp³-hybridized carbons (Fsp3) is 0.133. The zero-order valence-electron chi connectivity index (χ0n) is 12.2. The smallest absolute Gasteiger partial charge is 0.424 e. The molecule has 1 aliphatic heterocycles. The van der Waals surface area contributed by atoms with Gasteiger partial charge in [-0.25, -0.2) is 9.18 Å². The zero-order valence-corrected chi connectivity index (χ0v) is 12.9. The van der Waals surface area contributed by atoms with E-state index in [1.54, 1.807) is 5.32 Å². The number of anilines is 1. The summed E-state index contributed by atoms with van der Waals surface area (Å²) < 4.78 is 63.1. The van der Waals surface area contributed by atoms with Crippen molar-refractivity contribution in [2.45, 2.75) is 12.1 Å². The highest BCUT2D eigenvalue weighted by Crippen LogP contribution is 2.46. The molecule has 1 atom stereocenters. The van der Waals surface area contributed by atoms with Gasteiger partial charge in [-0.05, 0) is 30.3 Å². The second-order valence-electron chi connectivity index (χ2n) is 5.00. The van der Waals surface area contributed by atoms with Gasteiger partial charge < -0.3 is 14.8 Å². The van der Waals surface area contributed by atoms with Crippen LogP contribution in [-0.2, 0) is 0 Å². The number of ether oxygens (including phenoxy) is 2. The highest BCUT2D eigenvalue weighted by atomic mass is 35.5. The first-order valence-corrected chi connectivity index (χ1v) is 7.15. The molecule has 0 unspecified atom stereocenters. The van der Waals surface area contributed by atoms with Gasteiger partial charge in [0.15, 0.2) is 11.5 Å². The van der Waals surface area contributed by atoms with Crippen molar-refractivity contribution in [2.75, 3.05) is 5.32 Å². The van der Waals surface area contributed by atoms with E-state index in [2.05, 4.69) is 5.32 Å². The third-order valence-corrected chi connectivity index (χ3v) is 3.38. The average molecular weight is 377 g/mol. The molecule has 1 heterocycles. The molecule has 0 aromatic heterocycles. The summed E-state index contributed by atoms with van der Waals surface area (Å²) in [6.07, 6.45) is -5.11. The van der Waals surface area contributed by atoms with Crippen LogP contribution in [0.5, 0.6) is 11.5 Å². The first kappa shape index (κ1) is 17.2. The Hall–Kier alpha value is -2.68. The van der Waals surface area contributed by atoms with Crippen LogP contribution in [0, 0.1) is 5.82 Å². The number of carbonyl (C=O) groups excluding carboxylic acids is 1. The van der Waals surface area contributed by atoms with Crippen LogP contribution in [0.25, 0.3) is 0 Å². The van der Waals surface area contributed by atoms with Crippen LogP contribution in [0.4, 0.5) is 28.0 Å². The second-order valence-corrected chi connectivity index (χ2v) is 5.44. The number of halogens is 5. The van der Waals surface area contributed by atoms with E-state index in [1.165, 1.54) is 24.3 Å². The van der Waals surface area contributed by atoms with Crippen LogP contribution in [0.3, 0.4) is 0 Å². The van der Waals surface area contributed by atoms with Crippen LogP contribution in [0.2, 0.25) is 5.02 Å². The van der Waals surface area contributed by atoms with E-state index in [0.29, 0.717) is 0 Å². The Balaban J connectivity index is 1.82. The second kappa shape index (κ2) is 5.99. The SMILES string of the molecule is O=C(Nc1cccc(F)c1)N[C@]1(C(F)(F)F)Oc2ccc(Cl)cc2O1. The lowest BCUT2D eigenvalue weighted by molar-refractivity contribution is -0.317. The van der Waals surface area contributed by atoms with E-state index in [9.17, 15) is 22.4 Å². The summed E-state index contributed by atoms with van der Waals surface area (Å²) in [5, 5.41) is 3.78. The lowest BCUT2D eigenvalue weighted by atomic mass is 10.3. The Morgan fingerprint density at radius 2 is 1.80 bits per heavy atom. The monoisotopic (exact) mass is 376 g/mol. The van der Waals surface area contributed by atoms with E-state index in [4.69, 9.17) is 21.1 Å². The Morgan fingerprint density at radius 1 is 1.08 bits per heavy atom. The Bertz CT molecular complexity index is 831. The van der Waals surface area contributed by atoms with Gasteiger partial charge in [-0.15, -0.1) is 0 Å². The van der Waals surface area contributed by atoms with E-state index < -0.39 is 23.9 Å². The van der Waals surface area contributed by atoms with Crippen LogP contribution in [-0.4, -0.2) is 18.1 Å². The average Bonchev–Trinajstić information content (AvgIpc) is 2.85. The van der Waals surface area contributed by atoms with Gasteiger partial charge in [-0.2, -0.15) is 13.2 Å². The van der Waals surface area contributed by atoms with Gasteiger partial charge in [-0.1, -0.05) is 17.7 Å². The minimum absolute atomic E-state index is 0.0478. The number of hydrogen-bond donors (Lipinski definition) is 2. The molecule has 0 saturated carbocycles. The quantitative estimate of drug-likeness (QED) is 0.769. The van der Waals surface area contributed by atoms with Crippen LogP contribution in [0.15, 0.2) is 42.5 Å². The van der Waals surface area contributed by atoms with Crippen molar-refractivity contribution in [2.24, 2.45) is 0 Å². The molecule has 2 amide bonds. The van der Waals surface area contributed by atoms with Crippen molar-refractivity contribution in [3.63, 3.8) is 0 Å². The summed E-state index contributed by atoms with van der Waals surface area (Å²) in [4.78, 5) is 11.9. The van der Waals surface area contributed by atoms with E-state index in [1.807, 2.05) is 0 Å². The zero-order chi connectivity index (χ0) is 18.2. The summed E-state index contributed by atoms with van der Waals surface area (Å²) in [5.74, 6) is -4.63. The highest BCUT2D eigenvalue weighted by Gasteiger charge is 2.65. The topological polar surface area (TPSA) is 59.6 Å². The van der Waals surface area contributed by atoms with E-state index >= 15 is 0 Å². The molecule has 0 saturated heterocycles. The van der Waals surface area contributed by atoms with Gasteiger partial charge in [0, 0.05) is 16.8 Å². The first-order chi connectivity index (χ1) is 11.7. The van der Waals surface area contributed by atoms with Crippen molar-refractivity contribution in [1.29, 1.82) is 0 Å². The fourth-order valence-corrected chi connectivity index (χ4v) is 2.25. The van der Waals surface area contributed by atoms with Crippen LogP contribution >= 0.6 is 11.6 Å². The maximum Gasteiger partial charge on any atom is 0.492 e. The number of carbonyl (C=O) groups is 1. The van der Waals surface area contributed by atoms with Gasteiger partial charge >= 0.3 is 18.1 Å². The third-order valence-electron chi connectivity index (χ3n) is 3.15. The maximum absolute atomic E-state index is 13.5. The molecular weight excluding hydrogens is 368 g/mol. The molecule has 0 radical (unpaired) electrons. The number of benzene rings is 2. The van der Waals surface area contributed by atoms with Crippen molar-refractivity contribution < 1.29 is 31.8 Å². The lowest BCUT2D eigenvalue weighted by Crippen LogP contribution is -2.65. The summed E-state index contributed by atoms with van der Waals surface area (Å²) in [6, 6.07) is 6.94. The number of hydrogen-bond acceptors (Lipinski definition) is 3. The van der Waals surface area contributed by atoms with Crippen LogP contribution in [0.1, 0.15) is 0 Å². The molecular formula is C15H9ClF4N2O3. The third kappa shape index (κ3) is 3.41. The van der Waals surface area contributed by atoms with Gasteiger partial charge in [0.1, 0.15) is 5.82 Å². The van der Waals surface area contributed by atoms with Crippen LogP contribution < -0.4 is 20.1 Å². The summed E-state index contributed by atoms with van der Waals surface area (Å²) in [7, 11) is 0. The van der Waals surface area contributed by atoms with E-state index in [-0.39, 0.29) is 22.2 Å². The van der Waals surface area contributed by atoms with Crippen molar-refractivity contribution in [1.82, 2.24) is 5.32 Å². The molecule has 132 valence electrons. The largest absolute Gasteiger partial charge is 0.492 e. The summed E-state index contributed by atoms with van der Waals surface area (Å²) >= 11 is 5.71. The molecule has 2 N–H and O–H groups in total. The molecule has 25 heavy (non-hydrogen) atoms. The molecule has 0 spiro atoms. The number of fused-ring (bicyclic) bond motifs is 1. The van der Waals surface area contributed by atoms with Crippen molar-refractivity contribution in [3.05, 3.63) is 53.3 Å². The Labute approximate surface area is 143 Å². The predicted molar refractivity (Wildman–Crippen MR) is 80.0 cm³/mol. The highest BCUT2D eigenvalue weighted by molar-refractivity contribution is 6.30. The lowest BCUT2D eigenvalue weighted by Gasteiger charge is -2.29. The minimum Gasteiger partial charge on any atom is -0.424 e. The molecule has 0 aliphatic carbocycles. The molecule has 5 nitrogen and oxygen atoms in total. The summed E-state index contributed by atoms with van der Waals surface area (Å²) in [6.45, 7) is 0.